The highest BCUT2D eigenvalue weighted by atomic mass is 79.9. The molecule has 0 aromatic heterocycles. The van der Waals surface area contributed by atoms with Crippen molar-refractivity contribution < 1.29 is 4.79 Å². The molecule has 86 valence electrons. The van der Waals surface area contributed by atoms with E-state index in [1.54, 1.807) is 11.0 Å². The second-order valence-electron chi connectivity index (χ2n) is 3.49. The zero-order valence-electron chi connectivity index (χ0n) is 9.45. The minimum Gasteiger partial charge on any atom is -0.339 e. The van der Waals surface area contributed by atoms with Gasteiger partial charge in [0.15, 0.2) is 0 Å². The molecule has 0 aliphatic heterocycles. The number of likely N-dealkylation sites (N-methyl/N-ethyl adjacent to an activating group) is 1. The molecule has 1 aromatic carbocycles. The van der Waals surface area contributed by atoms with Crippen LogP contribution >= 0.6 is 15.9 Å². The van der Waals surface area contributed by atoms with Gasteiger partial charge in [-0.05, 0) is 18.6 Å². The molecular weight excluding hydrogens is 266 g/mol. The van der Waals surface area contributed by atoms with Crippen molar-refractivity contribution in [3.63, 3.8) is 0 Å². The standard InChI is InChI=1S/C13H16BrNO/c1-3-9-15(4-2)13(16)10-11-7-5-6-8-12(11)14/h3,5-8H,1,4,9-10H2,2H3. The molecule has 0 saturated carbocycles. The molecular formula is C13H16BrNO. The van der Waals surface area contributed by atoms with Crippen LogP contribution in [0.1, 0.15) is 12.5 Å². The van der Waals surface area contributed by atoms with Crippen LogP contribution in [0.4, 0.5) is 0 Å². The molecule has 1 aromatic rings. The third-order valence-corrected chi connectivity index (χ3v) is 3.16. The van der Waals surface area contributed by atoms with Crippen molar-refractivity contribution in [3.8, 4) is 0 Å². The zero-order chi connectivity index (χ0) is 12.0. The Balaban J connectivity index is 2.70. The van der Waals surface area contributed by atoms with E-state index in [0.717, 1.165) is 16.6 Å². The molecule has 2 nitrogen and oxygen atoms in total. The van der Waals surface area contributed by atoms with E-state index in [4.69, 9.17) is 0 Å². The molecule has 0 N–H and O–H groups in total. The second kappa shape index (κ2) is 6.48. The van der Waals surface area contributed by atoms with E-state index in [2.05, 4.69) is 22.5 Å². The first kappa shape index (κ1) is 13.0. The van der Waals surface area contributed by atoms with Crippen molar-refractivity contribution in [2.24, 2.45) is 0 Å². The monoisotopic (exact) mass is 281 g/mol. The van der Waals surface area contributed by atoms with Crippen LogP contribution in [-0.2, 0) is 11.2 Å². The second-order valence-corrected chi connectivity index (χ2v) is 4.34. The molecule has 3 heteroatoms. The summed E-state index contributed by atoms with van der Waals surface area (Å²) >= 11 is 3.44. The first-order chi connectivity index (χ1) is 7.69. The number of rotatable bonds is 5. The van der Waals surface area contributed by atoms with Crippen LogP contribution in [0.25, 0.3) is 0 Å². The van der Waals surface area contributed by atoms with Gasteiger partial charge in [-0.3, -0.25) is 4.79 Å². The van der Waals surface area contributed by atoms with Gasteiger partial charge in [0.1, 0.15) is 0 Å². The third kappa shape index (κ3) is 3.49. The molecule has 1 amide bonds. The smallest absolute Gasteiger partial charge is 0.227 e. The molecule has 0 bridgehead atoms. The summed E-state index contributed by atoms with van der Waals surface area (Å²) in [5.74, 6) is 0.134. The number of amides is 1. The molecule has 0 aliphatic rings. The van der Waals surface area contributed by atoms with Gasteiger partial charge in [0.05, 0.1) is 6.42 Å². The molecule has 0 atom stereocenters. The highest BCUT2D eigenvalue weighted by Crippen LogP contribution is 2.17. The van der Waals surface area contributed by atoms with Crippen LogP contribution in [0.15, 0.2) is 41.4 Å². The lowest BCUT2D eigenvalue weighted by molar-refractivity contribution is -0.129. The van der Waals surface area contributed by atoms with Crippen molar-refractivity contribution >= 4 is 21.8 Å². The number of hydrogen-bond donors (Lipinski definition) is 0. The fourth-order valence-electron chi connectivity index (χ4n) is 1.48. The Hall–Kier alpha value is -1.09. The number of hydrogen-bond acceptors (Lipinski definition) is 1. The molecule has 0 aliphatic carbocycles. The maximum Gasteiger partial charge on any atom is 0.227 e. The Morgan fingerprint density at radius 3 is 2.75 bits per heavy atom. The fourth-order valence-corrected chi connectivity index (χ4v) is 1.90. The summed E-state index contributed by atoms with van der Waals surface area (Å²) in [6.45, 7) is 6.95. The van der Waals surface area contributed by atoms with Gasteiger partial charge in [-0.1, -0.05) is 40.2 Å². The Labute approximate surface area is 105 Å². The van der Waals surface area contributed by atoms with Crippen LogP contribution in [0.5, 0.6) is 0 Å². The van der Waals surface area contributed by atoms with Gasteiger partial charge in [0, 0.05) is 17.6 Å². The highest BCUT2D eigenvalue weighted by molar-refractivity contribution is 9.10. The summed E-state index contributed by atoms with van der Waals surface area (Å²) in [6, 6.07) is 7.80. The predicted molar refractivity (Wildman–Crippen MR) is 70.3 cm³/mol. The Morgan fingerprint density at radius 2 is 2.19 bits per heavy atom. The summed E-state index contributed by atoms with van der Waals surface area (Å²) in [4.78, 5) is 13.7. The molecule has 0 unspecified atom stereocenters. The number of carbonyl (C=O) groups is 1. The zero-order valence-corrected chi connectivity index (χ0v) is 11.0. The van der Waals surface area contributed by atoms with Crippen LogP contribution < -0.4 is 0 Å². The lowest BCUT2D eigenvalue weighted by Gasteiger charge is -2.19. The Bertz CT molecular complexity index is 376. The lowest BCUT2D eigenvalue weighted by Crippen LogP contribution is -2.32. The van der Waals surface area contributed by atoms with Gasteiger partial charge in [-0.2, -0.15) is 0 Å². The van der Waals surface area contributed by atoms with Gasteiger partial charge in [0.25, 0.3) is 0 Å². The molecule has 0 saturated heterocycles. The topological polar surface area (TPSA) is 20.3 Å². The molecule has 1 rings (SSSR count). The lowest BCUT2D eigenvalue weighted by atomic mass is 10.1. The average molecular weight is 282 g/mol. The summed E-state index contributed by atoms with van der Waals surface area (Å²) in [5.41, 5.74) is 1.02. The van der Waals surface area contributed by atoms with E-state index in [1.807, 2.05) is 31.2 Å². The van der Waals surface area contributed by atoms with Crippen LogP contribution in [0.3, 0.4) is 0 Å². The quantitative estimate of drug-likeness (QED) is 0.760. The van der Waals surface area contributed by atoms with Gasteiger partial charge >= 0.3 is 0 Å². The predicted octanol–water partition coefficient (Wildman–Crippen LogP) is 3.03. The molecule has 0 fully saturated rings. The summed E-state index contributed by atoms with van der Waals surface area (Å²) in [6.07, 6.45) is 2.19. The minimum absolute atomic E-state index is 0.134. The Morgan fingerprint density at radius 1 is 1.50 bits per heavy atom. The first-order valence-corrected chi connectivity index (χ1v) is 6.10. The number of nitrogens with zero attached hydrogens (tertiary/aromatic N) is 1. The number of carbonyl (C=O) groups excluding carboxylic acids is 1. The van der Waals surface area contributed by atoms with E-state index in [-0.39, 0.29) is 5.91 Å². The van der Waals surface area contributed by atoms with E-state index in [1.165, 1.54) is 0 Å². The summed E-state index contributed by atoms with van der Waals surface area (Å²) in [7, 11) is 0. The van der Waals surface area contributed by atoms with E-state index < -0.39 is 0 Å². The first-order valence-electron chi connectivity index (χ1n) is 5.31. The largest absolute Gasteiger partial charge is 0.339 e. The molecule has 0 spiro atoms. The number of benzene rings is 1. The minimum atomic E-state index is 0.134. The van der Waals surface area contributed by atoms with Crippen molar-refractivity contribution in [1.29, 1.82) is 0 Å². The molecule has 0 heterocycles. The fraction of sp³-hybridized carbons (Fsp3) is 0.308. The van der Waals surface area contributed by atoms with Crippen molar-refractivity contribution in [2.45, 2.75) is 13.3 Å². The van der Waals surface area contributed by atoms with Crippen LogP contribution in [0.2, 0.25) is 0 Å². The van der Waals surface area contributed by atoms with Gasteiger partial charge < -0.3 is 4.90 Å². The maximum absolute atomic E-state index is 11.9. The van der Waals surface area contributed by atoms with Crippen LogP contribution in [-0.4, -0.2) is 23.9 Å². The molecule has 0 radical (unpaired) electrons. The highest BCUT2D eigenvalue weighted by Gasteiger charge is 2.11. The van der Waals surface area contributed by atoms with Gasteiger partial charge in [-0.25, -0.2) is 0 Å². The SMILES string of the molecule is C=CCN(CC)C(=O)Cc1ccccc1Br. The van der Waals surface area contributed by atoms with E-state index in [0.29, 0.717) is 13.0 Å². The van der Waals surface area contributed by atoms with Crippen molar-refractivity contribution in [1.82, 2.24) is 4.90 Å². The Kier molecular flexibility index (Phi) is 5.26. The van der Waals surface area contributed by atoms with E-state index >= 15 is 0 Å². The van der Waals surface area contributed by atoms with Crippen molar-refractivity contribution in [3.05, 3.63) is 47.0 Å². The van der Waals surface area contributed by atoms with Gasteiger partial charge in [-0.15, -0.1) is 6.58 Å². The molecule has 16 heavy (non-hydrogen) atoms. The normalized spacial score (nSPS) is 9.88. The average Bonchev–Trinajstić information content (AvgIpc) is 2.29. The number of halogens is 1. The van der Waals surface area contributed by atoms with Gasteiger partial charge in [0.2, 0.25) is 5.91 Å². The van der Waals surface area contributed by atoms with E-state index in [9.17, 15) is 4.79 Å². The summed E-state index contributed by atoms with van der Waals surface area (Å²) in [5, 5.41) is 0. The van der Waals surface area contributed by atoms with Crippen LogP contribution in [0, 0.1) is 0 Å². The van der Waals surface area contributed by atoms with Crippen molar-refractivity contribution in [2.75, 3.05) is 13.1 Å². The maximum atomic E-state index is 11.9. The summed E-state index contributed by atoms with van der Waals surface area (Å²) < 4.78 is 0.984. The third-order valence-electron chi connectivity index (χ3n) is 2.38.